The maximum atomic E-state index is 11.4. The molecule has 0 unspecified atom stereocenters. The van der Waals surface area contributed by atoms with Crippen LogP contribution in [-0.4, -0.2) is 35.6 Å². The normalized spacial score (nSPS) is 10.9. The summed E-state index contributed by atoms with van der Waals surface area (Å²) in [6.07, 6.45) is 1.25. The Morgan fingerprint density at radius 3 is 2.90 bits per heavy atom. The maximum Gasteiger partial charge on any atom is 0.305 e. The molecule has 0 aliphatic carbocycles. The highest BCUT2D eigenvalue weighted by atomic mass is 32.1. The third-order valence-corrected chi connectivity index (χ3v) is 4.11. The Kier molecular flexibility index (Phi) is 5.35. The van der Waals surface area contributed by atoms with Gasteiger partial charge < -0.3 is 20.7 Å². The van der Waals surface area contributed by atoms with Crippen LogP contribution in [0.2, 0.25) is 0 Å². The minimum absolute atomic E-state index is 0.0501. The van der Waals surface area contributed by atoms with E-state index in [2.05, 4.69) is 15.6 Å². The second kappa shape index (κ2) is 7.24. The minimum atomic E-state index is -0.164. The number of nitrogens with one attached hydrogen (secondary N) is 3. The molecule has 1 aromatic heterocycles. The van der Waals surface area contributed by atoms with Crippen molar-refractivity contribution >= 4 is 27.5 Å². The zero-order valence-electron chi connectivity index (χ0n) is 11.9. The fourth-order valence-electron chi connectivity index (χ4n) is 2.03. The van der Waals surface area contributed by atoms with Crippen molar-refractivity contribution < 1.29 is 9.90 Å². The molecule has 21 heavy (non-hydrogen) atoms. The number of fused-ring (bicyclic) bond motifs is 1. The van der Waals surface area contributed by atoms with Gasteiger partial charge in [-0.3, -0.25) is 9.59 Å². The number of benzene rings is 1. The third-order valence-electron chi connectivity index (χ3n) is 3.16. The molecule has 2 rings (SSSR count). The van der Waals surface area contributed by atoms with Gasteiger partial charge in [-0.15, -0.1) is 0 Å². The summed E-state index contributed by atoms with van der Waals surface area (Å²) in [5, 5.41) is 15.7. The molecule has 0 radical (unpaired) electrons. The number of carbonyl (C=O) groups excluding carboxylic acids is 1. The van der Waals surface area contributed by atoms with Crippen molar-refractivity contribution in [1.82, 2.24) is 15.6 Å². The Hall–Kier alpha value is -1.86. The van der Waals surface area contributed by atoms with Gasteiger partial charge in [0.2, 0.25) is 5.91 Å². The van der Waals surface area contributed by atoms with E-state index in [0.717, 1.165) is 34.6 Å². The first kappa shape index (κ1) is 15.5. The first-order chi connectivity index (χ1) is 10.1. The fraction of sp³-hybridized carbons (Fsp3) is 0.429. The number of hydrogen-bond acceptors (Lipinski definition) is 5. The lowest BCUT2D eigenvalue weighted by atomic mass is 10.1. The summed E-state index contributed by atoms with van der Waals surface area (Å²) in [4.78, 5) is 24.9. The number of aromatic amines is 1. The molecule has 0 saturated carbocycles. The van der Waals surface area contributed by atoms with Gasteiger partial charge in [0.25, 0.3) is 0 Å². The number of aromatic hydroxyl groups is 1. The molecule has 0 aliphatic rings. The zero-order valence-corrected chi connectivity index (χ0v) is 12.7. The first-order valence-corrected chi connectivity index (χ1v) is 7.74. The molecular formula is C14H19N3O3S. The molecule has 7 heteroatoms. The number of carbonyl (C=O) groups is 1. The second-order valence-corrected chi connectivity index (χ2v) is 5.65. The predicted molar refractivity (Wildman–Crippen MR) is 84.0 cm³/mol. The van der Waals surface area contributed by atoms with Crippen LogP contribution in [0, 0.1) is 0 Å². The lowest BCUT2D eigenvalue weighted by Crippen LogP contribution is -2.32. The fourth-order valence-corrected chi connectivity index (χ4v) is 2.93. The smallest absolute Gasteiger partial charge is 0.305 e. The summed E-state index contributed by atoms with van der Waals surface area (Å²) in [5.41, 5.74) is 1.54. The SMILES string of the molecule is CCC(=O)NCCNCCc1ccc(O)c2[nH]c(=O)sc12. The molecule has 1 heterocycles. The molecule has 0 bridgehead atoms. The van der Waals surface area contributed by atoms with E-state index in [0.29, 0.717) is 25.0 Å². The van der Waals surface area contributed by atoms with Gasteiger partial charge >= 0.3 is 4.87 Å². The quantitative estimate of drug-likeness (QED) is 0.573. The average molecular weight is 309 g/mol. The maximum absolute atomic E-state index is 11.4. The number of aromatic nitrogens is 1. The molecule has 0 fully saturated rings. The molecule has 1 amide bonds. The molecular weight excluding hydrogens is 290 g/mol. The van der Waals surface area contributed by atoms with Gasteiger partial charge in [0.15, 0.2) is 0 Å². The molecule has 0 aliphatic heterocycles. The minimum Gasteiger partial charge on any atom is -0.506 e. The van der Waals surface area contributed by atoms with Gasteiger partial charge in [-0.25, -0.2) is 0 Å². The predicted octanol–water partition coefficient (Wildman–Crippen LogP) is 0.953. The number of phenolic OH excluding ortho intramolecular Hbond substituents is 1. The summed E-state index contributed by atoms with van der Waals surface area (Å²) >= 11 is 1.11. The average Bonchev–Trinajstić information content (AvgIpc) is 2.87. The van der Waals surface area contributed by atoms with Gasteiger partial charge in [0, 0.05) is 19.5 Å². The molecule has 0 atom stereocenters. The van der Waals surface area contributed by atoms with Crippen LogP contribution in [0.3, 0.4) is 0 Å². The number of amides is 1. The molecule has 1 aromatic carbocycles. The second-order valence-electron chi connectivity index (χ2n) is 4.67. The Morgan fingerprint density at radius 1 is 1.33 bits per heavy atom. The Balaban J connectivity index is 1.85. The number of H-pyrrole nitrogens is 1. The number of thiazole rings is 1. The van der Waals surface area contributed by atoms with Gasteiger partial charge in [0.05, 0.1) is 4.70 Å². The van der Waals surface area contributed by atoms with Gasteiger partial charge in [-0.1, -0.05) is 24.3 Å². The first-order valence-electron chi connectivity index (χ1n) is 6.93. The van der Waals surface area contributed by atoms with Crippen LogP contribution in [0.1, 0.15) is 18.9 Å². The summed E-state index contributed by atoms with van der Waals surface area (Å²) in [6.45, 7) is 3.88. The lowest BCUT2D eigenvalue weighted by Gasteiger charge is -2.07. The zero-order chi connectivity index (χ0) is 15.2. The standard InChI is InChI=1S/C14H19N3O3S/c1-2-11(19)16-8-7-15-6-5-9-3-4-10(18)12-13(9)21-14(20)17-12/h3-4,15,18H,2,5-8H2,1H3,(H,16,19)(H,17,20). The summed E-state index contributed by atoms with van der Waals surface area (Å²) in [6, 6.07) is 3.43. The number of rotatable bonds is 7. The van der Waals surface area contributed by atoms with Crippen LogP contribution < -0.4 is 15.5 Å². The highest BCUT2D eigenvalue weighted by Crippen LogP contribution is 2.27. The lowest BCUT2D eigenvalue weighted by molar-refractivity contribution is -0.120. The van der Waals surface area contributed by atoms with E-state index in [1.165, 1.54) is 0 Å². The van der Waals surface area contributed by atoms with Crippen LogP contribution in [0.4, 0.5) is 0 Å². The number of hydrogen-bond donors (Lipinski definition) is 4. The van der Waals surface area contributed by atoms with Crippen molar-refractivity contribution in [2.24, 2.45) is 0 Å². The van der Waals surface area contributed by atoms with Crippen molar-refractivity contribution in [2.75, 3.05) is 19.6 Å². The van der Waals surface area contributed by atoms with E-state index in [9.17, 15) is 14.7 Å². The van der Waals surface area contributed by atoms with Gasteiger partial charge in [-0.05, 0) is 24.6 Å². The molecule has 0 spiro atoms. The van der Waals surface area contributed by atoms with E-state index in [-0.39, 0.29) is 16.5 Å². The van der Waals surface area contributed by atoms with Crippen LogP contribution in [0.15, 0.2) is 16.9 Å². The molecule has 0 saturated heterocycles. The van der Waals surface area contributed by atoms with Gasteiger partial charge in [0.1, 0.15) is 11.3 Å². The van der Waals surface area contributed by atoms with Crippen molar-refractivity contribution in [1.29, 1.82) is 0 Å². The molecule has 2 aromatic rings. The van der Waals surface area contributed by atoms with Crippen LogP contribution in [0.5, 0.6) is 5.75 Å². The van der Waals surface area contributed by atoms with Gasteiger partial charge in [-0.2, -0.15) is 0 Å². The molecule has 114 valence electrons. The van der Waals surface area contributed by atoms with Crippen molar-refractivity contribution in [3.8, 4) is 5.75 Å². The summed E-state index contributed by atoms with van der Waals surface area (Å²) < 4.78 is 0.807. The van der Waals surface area contributed by atoms with E-state index in [1.807, 2.05) is 13.0 Å². The highest BCUT2D eigenvalue weighted by molar-refractivity contribution is 7.16. The van der Waals surface area contributed by atoms with E-state index in [1.54, 1.807) is 6.07 Å². The van der Waals surface area contributed by atoms with Crippen LogP contribution in [-0.2, 0) is 11.2 Å². The summed E-state index contributed by atoms with van der Waals surface area (Å²) in [5.74, 6) is 0.150. The molecule has 6 nitrogen and oxygen atoms in total. The molecule has 4 N–H and O–H groups in total. The van der Waals surface area contributed by atoms with Crippen molar-refractivity contribution in [2.45, 2.75) is 19.8 Å². The number of phenols is 1. The van der Waals surface area contributed by atoms with Crippen molar-refractivity contribution in [3.05, 3.63) is 27.4 Å². The monoisotopic (exact) mass is 309 g/mol. The Bertz CT molecular complexity index is 678. The van der Waals surface area contributed by atoms with E-state index in [4.69, 9.17) is 0 Å². The topological polar surface area (TPSA) is 94.2 Å². The van der Waals surface area contributed by atoms with Crippen LogP contribution >= 0.6 is 11.3 Å². The Morgan fingerprint density at radius 2 is 2.14 bits per heavy atom. The van der Waals surface area contributed by atoms with Crippen molar-refractivity contribution in [3.63, 3.8) is 0 Å². The van der Waals surface area contributed by atoms with E-state index >= 15 is 0 Å². The highest BCUT2D eigenvalue weighted by Gasteiger charge is 2.09. The third kappa shape index (κ3) is 4.05. The summed E-state index contributed by atoms with van der Waals surface area (Å²) in [7, 11) is 0. The van der Waals surface area contributed by atoms with E-state index < -0.39 is 0 Å². The largest absolute Gasteiger partial charge is 0.506 e. The Labute approximate surface area is 126 Å². The van der Waals surface area contributed by atoms with Crippen LogP contribution in [0.25, 0.3) is 10.2 Å².